The van der Waals surface area contributed by atoms with E-state index in [1.807, 2.05) is 6.07 Å². The molecular weight excluding hydrogens is 304 g/mol. The summed E-state index contributed by atoms with van der Waals surface area (Å²) < 4.78 is 0. The molecule has 0 aliphatic carbocycles. The maximum atomic E-state index is 12.4. The third kappa shape index (κ3) is 3.96. The molecule has 0 saturated heterocycles. The summed E-state index contributed by atoms with van der Waals surface area (Å²) in [6, 6.07) is 9.38. The standard InChI is InChI=1S/C20H22O4/c1-12(2)13(3)15-6-9-18(22)16(11-15)17(21)7-4-14-5-8-19(23)20(24)10-14/h4-13,22-24H,1-3H3/b7-4+/t13-/m0/s1. The minimum Gasteiger partial charge on any atom is -0.507 e. The Morgan fingerprint density at radius 3 is 2.21 bits per heavy atom. The van der Waals surface area contributed by atoms with Crippen LogP contribution in [-0.4, -0.2) is 21.1 Å². The molecule has 0 fully saturated rings. The number of carbonyl (C=O) groups excluding carboxylic acids is 1. The van der Waals surface area contributed by atoms with E-state index in [-0.39, 0.29) is 34.5 Å². The van der Waals surface area contributed by atoms with Crippen LogP contribution >= 0.6 is 0 Å². The average Bonchev–Trinajstić information content (AvgIpc) is 2.55. The molecule has 2 aromatic rings. The minimum absolute atomic E-state index is 0.0575. The van der Waals surface area contributed by atoms with Gasteiger partial charge >= 0.3 is 0 Å². The van der Waals surface area contributed by atoms with Gasteiger partial charge in [0.05, 0.1) is 5.56 Å². The fourth-order valence-corrected chi connectivity index (χ4v) is 2.32. The summed E-state index contributed by atoms with van der Waals surface area (Å²) in [5.74, 6) is -0.148. The maximum Gasteiger partial charge on any atom is 0.189 e. The number of carbonyl (C=O) groups is 1. The van der Waals surface area contributed by atoms with Gasteiger partial charge in [-0.2, -0.15) is 0 Å². The molecule has 0 aliphatic heterocycles. The summed E-state index contributed by atoms with van der Waals surface area (Å²) in [6.45, 7) is 6.30. The second kappa shape index (κ2) is 7.21. The number of benzene rings is 2. The van der Waals surface area contributed by atoms with Crippen LogP contribution in [-0.2, 0) is 0 Å². The van der Waals surface area contributed by atoms with Crippen LogP contribution in [0.25, 0.3) is 6.08 Å². The van der Waals surface area contributed by atoms with Crippen LogP contribution in [0.5, 0.6) is 17.2 Å². The SMILES string of the molecule is CC(C)[C@H](C)c1ccc(O)c(C(=O)/C=C/c2ccc(O)c(O)c2)c1. The first-order valence-corrected chi connectivity index (χ1v) is 7.87. The Hall–Kier alpha value is -2.75. The van der Waals surface area contributed by atoms with E-state index in [4.69, 9.17) is 0 Å². The number of ketones is 1. The molecule has 2 rings (SSSR count). The Morgan fingerprint density at radius 1 is 0.917 bits per heavy atom. The molecule has 126 valence electrons. The van der Waals surface area contributed by atoms with E-state index in [0.717, 1.165) is 5.56 Å². The van der Waals surface area contributed by atoms with E-state index < -0.39 is 0 Å². The molecule has 2 aromatic carbocycles. The van der Waals surface area contributed by atoms with Crippen molar-refractivity contribution < 1.29 is 20.1 Å². The lowest BCUT2D eigenvalue weighted by Crippen LogP contribution is -2.04. The second-order valence-corrected chi connectivity index (χ2v) is 6.26. The number of allylic oxidation sites excluding steroid dienone is 1. The van der Waals surface area contributed by atoms with Gasteiger partial charge in [-0.15, -0.1) is 0 Å². The Labute approximate surface area is 141 Å². The van der Waals surface area contributed by atoms with E-state index in [1.54, 1.807) is 18.2 Å². The van der Waals surface area contributed by atoms with Gasteiger partial charge < -0.3 is 15.3 Å². The Kier molecular flexibility index (Phi) is 5.29. The summed E-state index contributed by atoms with van der Waals surface area (Å²) in [4.78, 5) is 12.4. The van der Waals surface area contributed by atoms with Crippen molar-refractivity contribution in [1.29, 1.82) is 0 Å². The van der Waals surface area contributed by atoms with Crippen molar-refractivity contribution in [3.63, 3.8) is 0 Å². The molecule has 0 unspecified atom stereocenters. The summed E-state index contributed by atoms with van der Waals surface area (Å²) in [6.07, 6.45) is 2.87. The van der Waals surface area contributed by atoms with Crippen molar-refractivity contribution in [3.8, 4) is 17.2 Å². The molecule has 24 heavy (non-hydrogen) atoms. The highest BCUT2D eigenvalue weighted by atomic mass is 16.3. The first kappa shape index (κ1) is 17.6. The van der Waals surface area contributed by atoms with Gasteiger partial charge in [-0.05, 0) is 53.3 Å². The second-order valence-electron chi connectivity index (χ2n) is 6.26. The van der Waals surface area contributed by atoms with Crippen LogP contribution < -0.4 is 0 Å². The Morgan fingerprint density at radius 2 is 1.58 bits per heavy atom. The van der Waals surface area contributed by atoms with Crippen LogP contribution in [0, 0.1) is 5.92 Å². The van der Waals surface area contributed by atoms with Gasteiger partial charge in [-0.25, -0.2) is 0 Å². The van der Waals surface area contributed by atoms with Crippen LogP contribution in [0.2, 0.25) is 0 Å². The average molecular weight is 326 g/mol. The van der Waals surface area contributed by atoms with Gasteiger partial charge in [0.25, 0.3) is 0 Å². The summed E-state index contributed by atoms with van der Waals surface area (Å²) in [5, 5.41) is 28.7. The van der Waals surface area contributed by atoms with Gasteiger partial charge in [0.1, 0.15) is 5.75 Å². The third-order valence-electron chi connectivity index (χ3n) is 4.24. The molecule has 0 aliphatic rings. The highest BCUT2D eigenvalue weighted by molar-refractivity contribution is 6.08. The van der Waals surface area contributed by atoms with Gasteiger partial charge in [0, 0.05) is 0 Å². The molecule has 0 radical (unpaired) electrons. The molecule has 4 heteroatoms. The lowest BCUT2D eigenvalue weighted by molar-refractivity contribution is 0.104. The Balaban J connectivity index is 2.27. The zero-order valence-electron chi connectivity index (χ0n) is 14.0. The lowest BCUT2D eigenvalue weighted by Gasteiger charge is -2.17. The van der Waals surface area contributed by atoms with Gasteiger partial charge in [-0.3, -0.25) is 4.79 Å². The number of hydrogen-bond donors (Lipinski definition) is 3. The van der Waals surface area contributed by atoms with Crippen molar-refractivity contribution in [2.75, 3.05) is 0 Å². The van der Waals surface area contributed by atoms with Crippen LogP contribution in [0.4, 0.5) is 0 Å². The minimum atomic E-state index is -0.321. The predicted octanol–water partition coefficient (Wildman–Crippen LogP) is 4.46. The molecule has 4 nitrogen and oxygen atoms in total. The number of aromatic hydroxyl groups is 3. The normalized spacial score (nSPS) is 12.7. The van der Waals surface area contributed by atoms with Gasteiger partial charge in [-0.1, -0.05) is 39.0 Å². The molecule has 0 bridgehead atoms. The fraction of sp³-hybridized carbons (Fsp3) is 0.250. The number of phenols is 3. The monoisotopic (exact) mass is 326 g/mol. The molecular formula is C20H22O4. The van der Waals surface area contributed by atoms with Gasteiger partial charge in [0.15, 0.2) is 17.3 Å². The quantitative estimate of drug-likeness (QED) is 0.431. The molecule has 0 amide bonds. The van der Waals surface area contributed by atoms with Crippen molar-refractivity contribution in [1.82, 2.24) is 0 Å². The largest absolute Gasteiger partial charge is 0.507 e. The smallest absolute Gasteiger partial charge is 0.189 e. The highest BCUT2D eigenvalue weighted by Gasteiger charge is 2.15. The van der Waals surface area contributed by atoms with Gasteiger partial charge in [0.2, 0.25) is 0 Å². The molecule has 0 aromatic heterocycles. The zero-order chi connectivity index (χ0) is 17.9. The molecule has 0 spiro atoms. The summed E-state index contributed by atoms with van der Waals surface area (Å²) in [5.41, 5.74) is 1.82. The summed E-state index contributed by atoms with van der Waals surface area (Å²) >= 11 is 0. The first-order valence-electron chi connectivity index (χ1n) is 7.87. The van der Waals surface area contributed by atoms with E-state index in [0.29, 0.717) is 11.5 Å². The van der Waals surface area contributed by atoms with E-state index in [2.05, 4.69) is 20.8 Å². The van der Waals surface area contributed by atoms with E-state index in [1.165, 1.54) is 24.3 Å². The zero-order valence-corrected chi connectivity index (χ0v) is 14.0. The number of phenolic OH excluding ortho intramolecular Hbond substituents is 3. The van der Waals surface area contributed by atoms with Crippen molar-refractivity contribution >= 4 is 11.9 Å². The Bertz CT molecular complexity index is 775. The van der Waals surface area contributed by atoms with Crippen LogP contribution in [0.15, 0.2) is 42.5 Å². The molecule has 0 heterocycles. The molecule has 3 N–H and O–H groups in total. The number of rotatable bonds is 5. The van der Waals surface area contributed by atoms with Crippen LogP contribution in [0.3, 0.4) is 0 Å². The number of hydrogen-bond acceptors (Lipinski definition) is 4. The molecule has 1 atom stereocenters. The van der Waals surface area contributed by atoms with Crippen molar-refractivity contribution in [2.24, 2.45) is 5.92 Å². The van der Waals surface area contributed by atoms with Crippen molar-refractivity contribution in [3.05, 3.63) is 59.2 Å². The van der Waals surface area contributed by atoms with Crippen molar-refractivity contribution in [2.45, 2.75) is 26.7 Å². The highest BCUT2D eigenvalue weighted by Crippen LogP contribution is 2.29. The third-order valence-corrected chi connectivity index (χ3v) is 4.24. The van der Waals surface area contributed by atoms with E-state index >= 15 is 0 Å². The first-order chi connectivity index (χ1) is 11.3. The molecule has 0 saturated carbocycles. The topological polar surface area (TPSA) is 77.8 Å². The maximum absolute atomic E-state index is 12.4. The fourth-order valence-electron chi connectivity index (χ4n) is 2.32. The van der Waals surface area contributed by atoms with E-state index in [9.17, 15) is 20.1 Å². The van der Waals surface area contributed by atoms with Crippen LogP contribution in [0.1, 0.15) is 48.2 Å². The lowest BCUT2D eigenvalue weighted by atomic mass is 9.88. The predicted molar refractivity (Wildman–Crippen MR) is 94.5 cm³/mol. The summed E-state index contributed by atoms with van der Waals surface area (Å²) in [7, 11) is 0.